The van der Waals surface area contributed by atoms with Crippen LogP contribution in [0.2, 0.25) is 5.02 Å². The molecule has 0 bridgehead atoms. The number of rotatable bonds is 10. The van der Waals surface area contributed by atoms with E-state index in [1.165, 1.54) is 24.3 Å². The third-order valence-electron chi connectivity index (χ3n) is 5.51. The average Bonchev–Trinajstić information content (AvgIpc) is 2.77. The standard InChI is InChI=1S/C26H30ClNO6S/c1-5-6-7-18-13-25(29)33-23-15-24(21(27)14-20(18)23)34-26(30)22(12-16(2)3)28-35(31,32)19-10-8-17(4)9-11-19/h8-11,13-16,22,28H,5-7,12H2,1-4H3/t22-/m1/s1. The lowest BCUT2D eigenvalue weighted by molar-refractivity contribution is -0.136. The summed E-state index contributed by atoms with van der Waals surface area (Å²) in [6.07, 6.45) is 2.75. The SMILES string of the molecule is CCCCc1cc(=O)oc2cc(OC(=O)[C@@H](CC(C)C)NS(=O)(=O)c3ccc(C)cc3)c(Cl)cc12. The maximum atomic E-state index is 13.1. The van der Waals surface area contributed by atoms with E-state index in [2.05, 4.69) is 11.6 Å². The number of fused-ring (bicyclic) bond motifs is 1. The molecular formula is C26H30ClNO6S. The number of sulfonamides is 1. The monoisotopic (exact) mass is 519 g/mol. The molecule has 0 aliphatic carbocycles. The Kier molecular flexibility index (Phi) is 8.74. The number of nitrogens with one attached hydrogen (secondary N) is 1. The molecular weight excluding hydrogens is 490 g/mol. The Morgan fingerprint density at radius 1 is 1.14 bits per heavy atom. The molecule has 1 heterocycles. The van der Waals surface area contributed by atoms with E-state index < -0.39 is 27.7 Å². The number of carbonyl (C=O) groups excluding carboxylic acids is 1. The van der Waals surface area contributed by atoms with Gasteiger partial charge in [0.25, 0.3) is 0 Å². The fourth-order valence-corrected chi connectivity index (χ4v) is 5.10. The molecule has 1 aromatic heterocycles. The van der Waals surface area contributed by atoms with Gasteiger partial charge >= 0.3 is 11.6 Å². The highest BCUT2D eigenvalue weighted by atomic mass is 35.5. The van der Waals surface area contributed by atoms with Crippen molar-refractivity contribution in [1.82, 2.24) is 4.72 Å². The molecule has 0 saturated carbocycles. The smallest absolute Gasteiger partial charge is 0.336 e. The highest BCUT2D eigenvalue weighted by Crippen LogP contribution is 2.32. The van der Waals surface area contributed by atoms with E-state index in [1.807, 2.05) is 20.8 Å². The zero-order chi connectivity index (χ0) is 25.8. The normalized spacial score (nSPS) is 12.7. The van der Waals surface area contributed by atoms with Crippen LogP contribution in [0.4, 0.5) is 0 Å². The quantitative estimate of drug-likeness (QED) is 0.219. The number of aryl methyl sites for hydroxylation is 2. The number of ether oxygens (including phenoxy) is 1. The molecule has 0 radical (unpaired) electrons. The molecule has 1 atom stereocenters. The molecule has 2 aromatic carbocycles. The van der Waals surface area contributed by atoms with Gasteiger partial charge in [-0.15, -0.1) is 0 Å². The van der Waals surface area contributed by atoms with Crippen LogP contribution in [0.1, 0.15) is 51.2 Å². The highest BCUT2D eigenvalue weighted by Gasteiger charge is 2.29. The molecule has 9 heteroatoms. The maximum absolute atomic E-state index is 13.1. The molecule has 3 aromatic rings. The molecule has 0 fully saturated rings. The van der Waals surface area contributed by atoms with Crippen molar-refractivity contribution >= 4 is 38.6 Å². The van der Waals surface area contributed by atoms with Crippen LogP contribution in [0.5, 0.6) is 5.75 Å². The van der Waals surface area contributed by atoms with Crippen LogP contribution >= 0.6 is 11.6 Å². The third-order valence-corrected chi connectivity index (χ3v) is 7.30. The number of unbranched alkanes of at least 4 members (excludes halogenated alkanes) is 1. The van der Waals surface area contributed by atoms with Gasteiger partial charge in [-0.3, -0.25) is 0 Å². The molecule has 0 unspecified atom stereocenters. The first-order valence-corrected chi connectivity index (χ1v) is 13.4. The van der Waals surface area contributed by atoms with Crippen LogP contribution in [0.15, 0.2) is 56.6 Å². The summed E-state index contributed by atoms with van der Waals surface area (Å²) in [5.74, 6) is -0.817. The Morgan fingerprint density at radius 3 is 2.46 bits per heavy atom. The Hall–Kier alpha value is -2.68. The first kappa shape index (κ1) is 26.9. The van der Waals surface area contributed by atoms with Crippen LogP contribution in [0.25, 0.3) is 11.0 Å². The third kappa shape index (κ3) is 6.93. The molecule has 35 heavy (non-hydrogen) atoms. The van der Waals surface area contributed by atoms with Gasteiger partial charge in [-0.25, -0.2) is 18.0 Å². The number of hydrogen-bond donors (Lipinski definition) is 1. The van der Waals surface area contributed by atoms with Crippen molar-refractivity contribution in [1.29, 1.82) is 0 Å². The summed E-state index contributed by atoms with van der Waals surface area (Å²) >= 11 is 6.41. The summed E-state index contributed by atoms with van der Waals surface area (Å²) in [5.41, 5.74) is 1.46. The zero-order valence-electron chi connectivity index (χ0n) is 20.3. The van der Waals surface area contributed by atoms with Crippen LogP contribution < -0.4 is 15.1 Å². The summed E-state index contributed by atoms with van der Waals surface area (Å²) < 4.78 is 39.1. The van der Waals surface area contributed by atoms with Crippen molar-refractivity contribution in [3.05, 3.63) is 69.0 Å². The van der Waals surface area contributed by atoms with Crippen molar-refractivity contribution in [3.63, 3.8) is 0 Å². The lowest BCUT2D eigenvalue weighted by Crippen LogP contribution is -2.43. The average molecular weight is 520 g/mol. The summed E-state index contributed by atoms with van der Waals surface area (Å²) in [4.78, 5) is 25.2. The number of carbonyl (C=O) groups is 1. The Morgan fingerprint density at radius 2 is 1.83 bits per heavy atom. The summed E-state index contributed by atoms with van der Waals surface area (Å²) in [5, 5.41) is 0.823. The first-order chi connectivity index (χ1) is 16.5. The first-order valence-electron chi connectivity index (χ1n) is 11.6. The van der Waals surface area contributed by atoms with Gasteiger partial charge < -0.3 is 9.15 Å². The fraction of sp³-hybridized carbons (Fsp3) is 0.385. The van der Waals surface area contributed by atoms with E-state index in [-0.39, 0.29) is 33.6 Å². The van der Waals surface area contributed by atoms with E-state index in [4.69, 9.17) is 20.8 Å². The zero-order valence-corrected chi connectivity index (χ0v) is 21.8. The van der Waals surface area contributed by atoms with Crippen molar-refractivity contribution in [3.8, 4) is 5.75 Å². The van der Waals surface area contributed by atoms with E-state index in [0.29, 0.717) is 11.8 Å². The minimum absolute atomic E-state index is 0.000474. The number of hydrogen-bond acceptors (Lipinski definition) is 6. The summed E-state index contributed by atoms with van der Waals surface area (Å²) in [6, 6.07) is 9.62. The Bertz CT molecular complexity index is 1360. The predicted octanol–water partition coefficient (Wildman–Crippen LogP) is 5.40. The second-order valence-corrected chi connectivity index (χ2v) is 11.1. The van der Waals surface area contributed by atoms with E-state index in [0.717, 1.165) is 24.0 Å². The summed E-state index contributed by atoms with van der Waals surface area (Å²) in [7, 11) is -3.97. The second kappa shape index (κ2) is 11.4. The molecule has 0 aliphatic heterocycles. The summed E-state index contributed by atoms with van der Waals surface area (Å²) in [6.45, 7) is 7.65. The molecule has 188 valence electrons. The molecule has 7 nitrogen and oxygen atoms in total. The minimum Gasteiger partial charge on any atom is -0.424 e. The van der Waals surface area contributed by atoms with E-state index >= 15 is 0 Å². The molecule has 3 rings (SSSR count). The van der Waals surface area contributed by atoms with E-state index in [1.54, 1.807) is 18.2 Å². The molecule has 0 amide bonds. The minimum atomic E-state index is -3.97. The second-order valence-electron chi connectivity index (χ2n) is 9.01. The van der Waals surface area contributed by atoms with Gasteiger partial charge in [0.2, 0.25) is 10.0 Å². The number of esters is 1. The van der Waals surface area contributed by atoms with Gasteiger partial charge in [0.15, 0.2) is 5.75 Å². The van der Waals surface area contributed by atoms with Crippen LogP contribution in [-0.2, 0) is 21.2 Å². The molecule has 1 N–H and O–H groups in total. The number of halogens is 1. The van der Waals surface area contributed by atoms with Gasteiger partial charge in [0.05, 0.1) is 9.92 Å². The van der Waals surface area contributed by atoms with Gasteiger partial charge in [0, 0.05) is 17.5 Å². The predicted molar refractivity (Wildman–Crippen MR) is 136 cm³/mol. The number of benzene rings is 2. The van der Waals surface area contributed by atoms with Crippen molar-refractivity contribution in [2.45, 2.75) is 64.3 Å². The highest BCUT2D eigenvalue weighted by molar-refractivity contribution is 7.89. The molecule has 0 saturated heterocycles. The van der Waals surface area contributed by atoms with Gasteiger partial charge in [-0.05, 0) is 55.9 Å². The van der Waals surface area contributed by atoms with Gasteiger partial charge in [0.1, 0.15) is 11.6 Å². The van der Waals surface area contributed by atoms with Gasteiger partial charge in [-0.2, -0.15) is 4.72 Å². The lowest BCUT2D eigenvalue weighted by atomic mass is 10.0. The largest absolute Gasteiger partial charge is 0.424 e. The van der Waals surface area contributed by atoms with Crippen LogP contribution in [0.3, 0.4) is 0 Å². The van der Waals surface area contributed by atoms with Crippen LogP contribution in [0, 0.1) is 12.8 Å². The van der Waals surface area contributed by atoms with E-state index in [9.17, 15) is 18.0 Å². The topological polar surface area (TPSA) is 103 Å². The van der Waals surface area contributed by atoms with Crippen LogP contribution in [-0.4, -0.2) is 20.4 Å². The molecule has 0 aliphatic rings. The maximum Gasteiger partial charge on any atom is 0.336 e. The Labute approximate surface area is 210 Å². The van der Waals surface area contributed by atoms with Crippen molar-refractivity contribution in [2.24, 2.45) is 5.92 Å². The van der Waals surface area contributed by atoms with Gasteiger partial charge in [-0.1, -0.05) is 56.5 Å². The fourth-order valence-electron chi connectivity index (χ4n) is 3.70. The van der Waals surface area contributed by atoms with Crippen molar-refractivity contribution in [2.75, 3.05) is 0 Å². The Balaban J connectivity index is 1.90. The lowest BCUT2D eigenvalue weighted by Gasteiger charge is -2.20. The van der Waals surface area contributed by atoms with Crippen molar-refractivity contribution < 1.29 is 22.4 Å². The molecule has 0 spiro atoms.